The second-order valence-electron chi connectivity index (χ2n) is 14.1. The van der Waals surface area contributed by atoms with E-state index in [0.29, 0.717) is 19.1 Å². The zero-order valence-electron chi connectivity index (χ0n) is 29.4. The molecule has 1 amide bonds. The van der Waals surface area contributed by atoms with Crippen molar-refractivity contribution in [2.24, 2.45) is 5.92 Å². The van der Waals surface area contributed by atoms with Crippen molar-refractivity contribution in [3.05, 3.63) is 78.2 Å². The topological polar surface area (TPSA) is 112 Å². The van der Waals surface area contributed by atoms with Gasteiger partial charge in [-0.25, -0.2) is 4.79 Å². The highest BCUT2D eigenvalue weighted by molar-refractivity contribution is 5.70. The Morgan fingerprint density at radius 1 is 1.06 bits per heavy atom. The van der Waals surface area contributed by atoms with Gasteiger partial charge in [-0.1, -0.05) is 82.1 Å². The summed E-state index contributed by atoms with van der Waals surface area (Å²) in [5, 5.41) is 22.2. The number of nitrogens with zero attached hydrogens (tertiary/aromatic N) is 3. The second-order valence-corrected chi connectivity index (χ2v) is 14.1. The predicted octanol–water partition coefficient (Wildman–Crippen LogP) is 6.49. The van der Waals surface area contributed by atoms with E-state index in [4.69, 9.17) is 9.47 Å². The average molecular weight is 664 g/mol. The first-order valence-electron chi connectivity index (χ1n) is 17.9. The maximum absolute atomic E-state index is 13.4. The number of carbonyl (C=O) groups is 2. The lowest BCUT2D eigenvalue weighted by Crippen LogP contribution is -2.53. The lowest BCUT2D eigenvalue weighted by atomic mass is 9.89. The van der Waals surface area contributed by atoms with Crippen LogP contribution in [-0.4, -0.2) is 93.2 Å². The number of piperazine rings is 1. The molecule has 1 aromatic heterocycles. The summed E-state index contributed by atoms with van der Waals surface area (Å²) >= 11 is 0. The minimum absolute atomic E-state index is 0.146. The zero-order chi connectivity index (χ0) is 34.5. The van der Waals surface area contributed by atoms with Crippen molar-refractivity contribution in [3.8, 4) is 0 Å². The van der Waals surface area contributed by atoms with Crippen LogP contribution in [0.5, 0.6) is 0 Å². The van der Waals surface area contributed by atoms with Gasteiger partial charge in [-0.05, 0) is 63.3 Å². The van der Waals surface area contributed by atoms with E-state index in [1.807, 2.05) is 62.4 Å². The number of rotatable bonds is 7. The smallest absolute Gasteiger partial charge is 0.410 e. The van der Waals surface area contributed by atoms with E-state index in [0.717, 1.165) is 24.4 Å². The van der Waals surface area contributed by atoms with E-state index in [2.05, 4.69) is 22.9 Å². The Morgan fingerprint density at radius 2 is 1.79 bits per heavy atom. The number of aliphatic hydroxyl groups excluding tert-OH is 1. The molecule has 2 aliphatic heterocycles. The fraction of sp³-hybridized carbons (Fsp3) is 0.615. The average Bonchev–Trinajstić information content (AvgIpc) is 3.37. The van der Waals surface area contributed by atoms with Gasteiger partial charge in [0.05, 0.1) is 12.5 Å². The second kappa shape index (κ2) is 18.5. The number of esters is 1. The molecule has 264 valence electrons. The molecule has 2 fully saturated rings. The molecule has 0 radical (unpaired) electrons. The maximum atomic E-state index is 13.4. The van der Waals surface area contributed by atoms with E-state index in [9.17, 15) is 19.8 Å². The minimum atomic E-state index is -1.44. The van der Waals surface area contributed by atoms with Crippen LogP contribution < -0.4 is 0 Å². The van der Waals surface area contributed by atoms with Gasteiger partial charge in [-0.15, -0.1) is 0 Å². The summed E-state index contributed by atoms with van der Waals surface area (Å²) < 4.78 is 11.9. The Morgan fingerprint density at radius 3 is 2.48 bits per heavy atom. The van der Waals surface area contributed by atoms with Crippen molar-refractivity contribution >= 4 is 12.1 Å². The largest absolute Gasteiger partial charge is 0.457 e. The van der Waals surface area contributed by atoms with Crippen LogP contribution in [0.2, 0.25) is 0 Å². The van der Waals surface area contributed by atoms with Gasteiger partial charge in [0.25, 0.3) is 0 Å². The number of aromatic nitrogens is 1. The molecule has 0 bridgehead atoms. The zero-order valence-corrected chi connectivity index (χ0v) is 29.4. The molecule has 0 spiro atoms. The summed E-state index contributed by atoms with van der Waals surface area (Å²) in [5.41, 5.74) is 0.369. The number of hydrogen-bond donors (Lipinski definition) is 2. The molecule has 48 heavy (non-hydrogen) atoms. The van der Waals surface area contributed by atoms with Gasteiger partial charge < -0.3 is 24.6 Å². The quantitative estimate of drug-likeness (QED) is 0.147. The Bertz CT molecular complexity index is 1280. The third-order valence-corrected chi connectivity index (χ3v) is 10.0. The molecule has 0 aromatic carbocycles. The number of pyridine rings is 1. The number of aliphatic hydroxyl groups is 2. The van der Waals surface area contributed by atoms with Crippen LogP contribution in [0.1, 0.15) is 97.1 Å². The molecule has 2 unspecified atom stereocenters. The van der Waals surface area contributed by atoms with Crippen LogP contribution in [0, 0.1) is 5.92 Å². The van der Waals surface area contributed by atoms with Crippen LogP contribution in [0.25, 0.3) is 0 Å². The van der Waals surface area contributed by atoms with E-state index in [1.54, 1.807) is 24.1 Å². The molecule has 1 saturated carbocycles. The lowest BCUT2D eigenvalue weighted by Gasteiger charge is -2.40. The highest BCUT2D eigenvalue weighted by Crippen LogP contribution is 2.28. The van der Waals surface area contributed by atoms with Gasteiger partial charge in [0, 0.05) is 55.9 Å². The lowest BCUT2D eigenvalue weighted by molar-refractivity contribution is -0.151. The minimum Gasteiger partial charge on any atom is -0.457 e. The van der Waals surface area contributed by atoms with Gasteiger partial charge in [0.1, 0.15) is 11.7 Å². The van der Waals surface area contributed by atoms with E-state index >= 15 is 0 Å². The number of carbonyl (C=O) groups excluding carboxylic acids is 2. The highest BCUT2D eigenvalue weighted by Gasteiger charge is 2.37. The molecule has 1 saturated heterocycles. The summed E-state index contributed by atoms with van der Waals surface area (Å²) in [6.07, 6.45) is 19.9. The fourth-order valence-corrected chi connectivity index (χ4v) is 6.87. The van der Waals surface area contributed by atoms with Crippen molar-refractivity contribution < 1.29 is 29.3 Å². The number of ether oxygens (including phenoxy) is 2. The molecule has 3 aliphatic rings. The summed E-state index contributed by atoms with van der Waals surface area (Å²) in [6, 6.07) is 6.47. The number of amides is 1. The van der Waals surface area contributed by atoms with Gasteiger partial charge in [0.2, 0.25) is 0 Å². The molecule has 2 N–H and O–H groups in total. The van der Waals surface area contributed by atoms with Crippen molar-refractivity contribution in [3.63, 3.8) is 0 Å². The van der Waals surface area contributed by atoms with Crippen molar-refractivity contribution in [1.29, 1.82) is 0 Å². The van der Waals surface area contributed by atoms with Crippen LogP contribution in [0.4, 0.5) is 4.79 Å². The van der Waals surface area contributed by atoms with Gasteiger partial charge >= 0.3 is 12.1 Å². The van der Waals surface area contributed by atoms with Gasteiger partial charge in [0.15, 0.2) is 6.10 Å². The molecular formula is C39H57N3O6. The normalized spacial score (nSPS) is 30.7. The molecule has 9 heteroatoms. The van der Waals surface area contributed by atoms with Crippen LogP contribution in [0.3, 0.4) is 0 Å². The summed E-state index contributed by atoms with van der Waals surface area (Å²) in [7, 11) is 0. The molecular weight excluding hydrogens is 606 g/mol. The molecule has 9 nitrogen and oxygen atoms in total. The Hall–Kier alpha value is -3.27. The summed E-state index contributed by atoms with van der Waals surface area (Å²) in [4.78, 5) is 34.9. The molecule has 4 rings (SSSR count). The molecule has 3 heterocycles. The SMILES string of the molecule is C\C(=C/C=C/C=C/C(C)c1ccccn1)C1OC(=O)C[C@H](O)CC[C@@](C)(O)[C@@H](OC(=O)N2CCN(C3CCCCCC3)CC2)/C=C/[C@@H]1C. The number of hydrogen-bond acceptors (Lipinski definition) is 8. The third-order valence-electron chi connectivity index (χ3n) is 10.0. The first-order valence-corrected chi connectivity index (χ1v) is 17.9. The summed E-state index contributed by atoms with van der Waals surface area (Å²) in [6.45, 7) is 10.4. The summed E-state index contributed by atoms with van der Waals surface area (Å²) in [5.74, 6) is -0.630. The van der Waals surface area contributed by atoms with Crippen LogP contribution >= 0.6 is 0 Å². The Labute approximate surface area is 287 Å². The van der Waals surface area contributed by atoms with E-state index in [-0.39, 0.29) is 31.1 Å². The first-order chi connectivity index (χ1) is 23.0. The standard InChI is InChI=1S/C39H57N3O6/c1-29(34-18-12-13-23-40-34)14-8-7-9-15-30(2)37-31(3)19-20-35(39(4,46)22-21-33(43)28-36(44)48-37)47-38(45)42-26-24-41(25-27-42)32-16-10-5-6-11-17-32/h7-9,12-15,18-20,23,29,31-33,35,37,43,46H,5-6,10-11,16-17,21-22,24-28H2,1-4H3/b9-7+,14-8+,20-19+,30-15+/t29?,31-,33+,35-,37?,39+/m0/s1. The van der Waals surface area contributed by atoms with Gasteiger partial charge in [-0.3, -0.25) is 14.7 Å². The van der Waals surface area contributed by atoms with Gasteiger partial charge in [-0.2, -0.15) is 0 Å². The van der Waals surface area contributed by atoms with E-state index in [1.165, 1.54) is 38.5 Å². The molecule has 1 aliphatic carbocycles. The Kier molecular flexibility index (Phi) is 14.5. The van der Waals surface area contributed by atoms with Crippen LogP contribution in [-0.2, 0) is 14.3 Å². The molecule has 6 atom stereocenters. The molecule has 1 aromatic rings. The van der Waals surface area contributed by atoms with Crippen LogP contribution in [0.15, 0.2) is 72.5 Å². The monoisotopic (exact) mass is 663 g/mol. The maximum Gasteiger partial charge on any atom is 0.410 e. The Balaban J connectivity index is 1.43. The predicted molar refractivity (Wildman–Crippen MR) is 188 cm³/mol. The number of cyclic esters (lactones) is 1. The third kappa shape index (κ3) is 11.4. The van der Waals surface area contributed by atoms with Crippen molar-refractivity contribution in [2.75, 3.05) is 26.2 Å². The van der Waals surface area contributed by atoms with Crippen molar-refractivity contribution in [1.82, 2.24) is 14.8 Å². The fourth-order valence-electron chi connectivity index (χ4n) is 6.87. The first kappa shape index (κ1) is 37.5. The number of allylic oxidation sites excluding steroid dienone is 5. The highest BCUT2D eigenvalue weighted by atomic mass is 16.6. The van der Waals surface area contributed by atoms with E-state index < -0.39 is 36.0 Å². The van der Waals surface area contributed by atoms with Crippen molar-refractivity contribution in [2.45, 2.75) is 121 Å².